The zero-order valence-electron chi connectivity index (χ0n) is 17.8. The largest absolute Gasteiger partial charge is 0.353 e. The summed E-state index contributed by atoms with van der Waals surface area (Å²) in [5.74, 6) is 0.00996. The van der Waals surface area contributed by atoms with Crippen molar-refractivity contribution in [2.45, 2.75) is 19.9 Å². The number of benzene rings is 1. The van der Waals surface area contributed by atoms with E-state index in [0.29, 0.717) is 44.0 Å². The molecule has 0 saturated carbocycles. The summed E-state index contributed by atoms with van der Waals surface area (Å²) in [6, 6.07) is 13.9. The van der Waals surface area contributed by atoms with E-state index in [1.807, 2.05) is 72.8 Å². The van der Waals surface area contributed by atoms with Crippen molar-refractivity contribution < 1.29 is 9.59 Å². The Hall–Kier alpha value is -2.97. The Labute approximate surface area is 186 Å². The van der Waals surface area contributed by atoms with Crippen LogP contribution in [0.25, 0.3) is 16.3 Å². The van der Waals surface area contributed by atoms with Crippen LogP contribution in [0.3, 0.4) is 0 Å². The summed E-state index contributed by atoms with van der Waals surface area (Å²) in [5.41, 5.74) is 2.24. The first-order valence-corrected chi connectivity index (χ1v) is 11.4. The second kappa shape index (κ2) is 9.45. The summed E-state index contributed by atoms with van der Waals surface area (Å²) < 4.78 is 1.77. The molecule has 0 atom stereocenters. The Morgan fingerprint density at radius 2 is 1.81 bits per heavy atom. The molecule has 0 aliphatic carbocycles. The first-order valence-electron chi connectivity index (χ1n) is 10.5. The minimum atomic E-state index is -0.0168. The van der Waals surface area contributed by atoms with Crippen LogP contribution < -0.4 is 5.32 Å². The van der Waals surface area contributed by atoms with Crippen LogP contribution in [0.2, 0.25) is 0 Å². The van der Waals surface area contributed by atoms with Crippen molar-refractivity contribution in [2.24, 2.45) is 0 Å². The molecule has 1 N–H and O–H groups in total. The van der Waals surface area contributed by atoms with E-state index < -0.39 is 0 Å². The van der Waals surface area contributed by atoms with Crippen LogP contribution in [0.15, 0.2) is 54.0 Å². The molecule has 31 heavy (non-hydrogen) atoms. The van der Waals surface area contributed by atoms with Crippen molar-refractivity contribution in [2.75, 3.05) is 32.7 Å². The third kappa shape index (κ3) is 5.03. The smallest absolute Gasteiger partial charge is 0.257 e. The molecule has 1 aliphatic rings. The summed E-state index contributed by atoms with van der Waals surface area (Å²) in [6.45, 7) is 6.82. The number of carbonyl (C=O) groups is 2. The molecule has 1 saturated heterocycles. The van der Waals surface area contributed by atoms with Crippen LogP contribution in [0.4, 0.5) is 0 Å². The Morgan fingerprint density at radius 1 is 1.06 bits per heavy atom. The summed E-state index contributed by atoms with van der Waals surface area (Å²) in [7, 11) is 0. The van der Waals surface area contributed by atoms with Gasteiger partial charge in [0.1, 0.15) is 5.69 Å². The molecule has 0 spiro atoms. The van der Waals surface area contributed by atoms with E-state index in [1.165, 1.54) is 0 Å². The van der Waals surface area contributed by atoms with E-state index >= 15 is 0 Å². The first kappa shape index (κ1) is 21.3. The van der Waals surface area contributed by atoms with Crippen molar-refractivity contribution in [3.05, 3.63) is 59.6 Å². The van der Waals surface area contributed by atoms with Crippen molar-refractivity contribution >= 4 is 23.2 Å². The third-order valence-corrected chi connectivity index (χ3v) is 6.07. The molecule has 162 valence electrons. The quantitative estimate of drug-likeness (QED) is 0.644. The zero-order chi connectivity index (χ0) is 21.8. The molecule has 1 aromatic carbocycles. The molecule has 7 nitrogen and oxygen atoms in total. The molecule has 0 unspecified atom stereocenters. The molecular weight excluding hydrogens is 410 g/mol. The summed E-state index contributed by atoms with van der Waals surface area (Å²) in [5, 5.41) is 9.65. The molecule has 0 bridgehead atoms. The predicted molar refractivity (Wildman–Crippen MR) is 122 cm³/mol. The fourth-order valence-corrected chi connectivity index (χ4v) is 4.41. The Balaban J connectivity index is 1.50. The number of hydrogen-bond donors (Lipinski definition) is 1. The van der Waals surface area contributed by atoms with E-state index in [4.69, 9.17) is 5.10 Å². The summed E-state index contributed by atoms with van der Waals surface area (Å²) in [6.07, 6.45) is 1.83. The summed E-state index contributed by atoms with van der Waals surface area (Å²) >= 11 is 1.58. The molecule has 2 aromatic heterocycles. The minimum absolute atomic E-state index is 0.0168. The first-order chi connectivity index (χ1) is 15.0. The number of amides is 2. The number of thiophene rings is 1. The predicted octanol–water partition coefficient (Wildman–Crippen LogP) is 2.88. The number of para-hydroxylation sites is 1. The van der Waals surface area contributed by atoms with Crippen molar-refractivity contribution in [3.63, 3.8) is 0 Å². The van der Waals surface area contributed by atoms with E-state index in [2.05, 4.69) is 10.2 Å². The fourth-order valence-electron chi connectivity index (χ4n) is 3.69. The van der Waals surface area contributed by atoms with Gasteiger partial charge in [-0.1, -0.05) is 24.3 Å². The molecule has 1 aliphatic heterocycles. The average molecular weight is 438 g/mol. The van der Waals surface area contributed by atoms with Gasteiger partial charge in [0.25, 0.3) is 5.91 Å². The van der Waals surface area contributed by atoms with E-state index in [1.54, 1.807) is 16.0 Å². The second-order valence-electron chi connectivity index (χ2n) is 7.94. The lowest BCUT2D eigenvalue weighted by Gasteiger charge is -2.34. The lowest BCUT2D eigenvalue weighted by molar-refractivity contribution is -0.123. The van der Waals surface area contributed by atoms with Gasteiger partial charge in [-0.05, 0) is 37.4 Å². The zero-order valence-corrected chi connectivity index (χ0v) is 18.6. The minimum Gasteiger partial charge on any atom is -0.353 e. The molecule has 3 aromatic rings. The number of piperazine rings is 1. The highest BCUT2D eigenvalue weighted by Gasteiger charge is 2.27. The molecule has 3 heterocycles. The summed E-state index contributed by atoms with van der Waals surface area (Å²) in [4.78, 5) is 30.4. The topological polar surface area (TPSA) is 70.5 Å². The molecule has 8 heteroatoms. The Morgan fingerprint density at radius 3 is 2.45 bits per heavy atom. The van der Waals surface area contributed by atoms with Gasteiger partial charge in [0.05, 0.1) is 22.7 Å². The number of aromatic nitrogens is 2. The molecule has 1 fully saturated rings. The van der Waals surface area contributed by atoms with E-state index in [9.17, 15) is 9.59 Å². The maximum absolute atomic E-state index is 13.4. The van der Waals surface area contributed by atoms with Crippen molar-refractivity contribution in [1.29, 1.82) is 0 Å². The van der Waals surface area contributed by atoms with Gasteiger partial charge >= 0.3 is 0 Å². The SMILES string of the molecule is CC(C)NC(=O)CN1CCN(C(=O)c2cn(-c3ccccc3)nc2-c2cccs2)CC1. The van der Waals surface area contributed by atoms with Gasteiger partial charge in [-0.25, -0.2) is 4.68 Å². The van der Waals surface area contributed by atoms with Gasteiger partial charge in [-0.3, -0.25) is 14.5 Å². The number of nitrogens with zero attached hydrogens (tertiary/aromatic N) is 4. The highest BCUT2D eigenvalue weighted by Crippen LogP contribution is 2.29. The van der Waals surface area contributed by atoms with Gasteiger partial charge in [-0.2, -0.15) is 5.10 Å². The number of rotatable bonds is 6. The molecule has 2 amide bonds. The highest BCUT2D eigenvalue weighted by molar-refractivity contribution is 7.13. The van der Waals surface area contributed by atoms with Crippen LogP contribution in [0, 0.1) is 0 Å². The van der Waals surface area contributed by atoms with Crippen molar-refractivity contribution in [3.8, 4) is 16.3 Å². The Kier molecular flexibility index (Phi) is 6.48. The number of carbonyl (C=O) groups excluding carboxylic acids is 2. The number of nitrogens with one attached hydrogen (secondary N) is 1. The maximum atomic E-state index is 13.4. The molecular formula is C23H27N5O2S. The van der Waals surface area contributed by atoms with Gasteiger partial charge in [0.15, 0.2) is 0 Å². The molecule has 0 radical (unpaired) electrons. The normalized spacial score (nSPS) is 14.7. The van der Waals surface area contributed by atoms with Crippen LogP contribution >= 0.6 is 11.3 Å². The lowest BCUT2D eigenvalue weighted by atomic mass is 10.1. The monoisotopic (exact) mass is 437 g/mol. The lowest BCUT2D eigenvalue weighted by Crippen LogP contribution is -2.51. The van der Waals surface area contributed by atoms with Gasteiger partial charge in [0, 0.05) is 38.4 Å². The molecule has 4 rings (SSSR count). The van der Waals surface area contributed by atoms with Crippen LogP contribution in [-0.4, -0.2) is 70.2 Å². The Bertz CT molecular complexity index is 1020. The standard InChI is InChI=1S/C23H27N5O2S/c1-17(2)24-21(29)16-26-10-12-27(13-11-26)23(30)19-15-28(18-7-4-3-5-8-18)25-22(19)20-9-6-14-31-20/h3-9,14-15,17H,10-13,16H2,1-2H3,(H,24,29). The van der Waals surface area contributed by atoms with Crippen LogP contribution in [0.5, 0.6) is 0 Å². The second-order valence-corrected chi connectivity index (χ2v) is 8.89. The van der Waals surface area contributed by atoms with Gasteiger partial charge in [-0.15, -0.1) is 11.3 Å². The van der Waals surface area contributed by atoms with Crippen LogP contribution in [-0.2, 0) is 4.79 Å². The van der Waals surface area contributed by atoms with E-state index in [0.717, 1.165) is 10.6 Å². The van der Waals surface area contributed by atoms with Crippen molar-refractivity contribution in [1.82, 2.24) is 24.9 Å². The maximum Gasteiger partial charge on any atom is 0.257 e. The number of hydrogen-bond acceptors (Lipinski definition) is 5. The highest BCUT2D eigenvalue weighted by atomic mass is 32.1. The van der Waals surface area contributed by atoms with Gasteiger partial charge in [0.2, 0.25) is 5.91 Å². The fraction of sp³-hybridized carbons (Fsp3) is 0.348. The van der Waals surface area contributed by atoms with E-state index in [-0.39, 0.29) is 17.9 Å². The van der Waals surface area contributed by atoms with Crippen LogP contribution in [0.1, 0.15) is 24.2 Å². The average Bonchev–Trinajstić information content (AvgIpc) is 3.44. The third-order valence-electron chi connectivity index (χ3n) is 5.20. The van der Waals surface area contributed by atoms with Gasteiger partial charge < -0.3 is 10.2 Å².